The molecule has 0 radical (unpaired) electrons. The van der Waals surface area contributed by atoms with Gasteiger partial charge in [-0.1, -0.05) is 30.3 Å². The van der Waals surface area contributed by atoms with Crippen molar-refractivity contribution in [2.75, 3.05) is 6.54 Å². The van der Waals surface area contributed by atoms with Crippen molar-refractivity contribution in [1.82, 2.24) is 5.32 Å². The summed E-state index contributed by atoms with van der Waals surface area (Å²) >= 11 is 0. The molecule has 1 nitrogen and oxygen atoms in total. The minimum absolute atomic E-state index is 0.0704. The van der Waals surface area contributed by atoms with Crippen molar-refractivity contribution in [3.8, 4) is 0 Å². The lowest BCUT2D eigenvalue weighted by molar-refractivity contribution is 0.164. The van der Waals surface area contributed by atoms with Crippen LogP contribution in [0.15, 0.2) is 30.3 Å². The Hall–Kier alpha value is -0.890. The molecular formula is C13H18FN. The highest BCUT2D eigenvalue weighted by Gasteiger charge is 2.31. The van der Waals surface area contributed by atoms with Crippen LogP contribution in [0.5, 0.6) is 0 Å². The third-order valence-electron chi connectivity index (χ3n) is 3.12. The SMILES string of the molecule is CC1(Cc2ccccc2)CC(F)CCN1. The maximum atomic E-state index is 13.3. The van der Waals surface area contributed by atoms with Gasteiger partial charge in [0, 0.05) is 5.54 Å². The molecule has 0 saturated carbocycles. The predicted octanol–water partition coefficient (Wildman–Crippen LogP) is 2.71. The standard InChI is InChI=1S/C13H18FN/c1-13(10-12(14)7-8-15-13)9-11-5-3-2-4-6-11/h2-6,12,15H,7-10H2,1H3. The zero-order chi connectivity index (χ0) is 10.7. The van der Waals surface area contributed by atoms with Gasteiger partial charge in [-0.05, 0) is 38.3 Å². The van der Waals surface area contributed by atoms with Crippen LogP contribution in [0.3, 0.4) is 0 Å². The summed E-state index contributed by atoms with van der Waals surface area (Å²) in [4.78, 5) is 0. The first-order valence-electron chi connectivity index (χ1n) is 5.61. The molecule has 1 N–H and O–H groups in total. The maximum absolute atomic E-state index is 13.3. The average Bonchev–Trinajstić information content (AvgIpc) is 2.18. The monoisotopic (exact) mass is 207 g/mol. The Bertz CT molecular complexity index is 312. The van der Waals surface area contributed by atoms with Gasteiger partial charge in [0.05, 0.1) is 0 Å². The first kappa shape index (κ1) is 10.6. The van der Waals surface area contributed by atoms with Crippen LogP contribution >= 0.6 is 0 Å². The lowest BCUT2D eigenvalue weighted by atomic mass is 9.84. The molecule has 1 aromatic carbocycles. The zero-order valence-corrected chi connectivity index (χ0v) is 9.17. The predicted molar refractivity (Wildman–Crippen MR) is 60.7 cm³/mol. The summed E-state index contributed by atoms with van der Waals surface area (Å²) in [6.07, 6.45) is 1.56. The molecule has 82 valence electrons. The van der Waals surface area contributed by atoms with Crippen molar-refractivity contribution < 1.29 is 4.39 Å². The number of hydrogen-bond donors (Lipinski definition) is 1. The fourth-order valence-corrected chi connectivity index (χ4v) is 2.37. The van der Waals surface area contributed by atoms with Gasteiger partial charge in [0.15, 0.2) is 0 Å². The summed E-state index contributed by atoms with van der Waals surface area (Å²) < 4.78 is 13.3. The van der Waals surface area contributed by atoms with Gasteiger partial charge in [-0.2, -0.15) is 0 Å². The van der Waals surface area contributed by atoms with E-state index in [1.54, 1.807) is 0 Å². The van der Waals surface area contributed by atoms with Crippen LogP contribution in [0, 0.1) is 0 Å². The van der Waals surface area contributed by atoms with E-state index in [1.165, 1.54) is 5.56 Å². The summed E-state index contributed by atoms with van der Waals surface area (Å²) in [7, 11) is 0. The summed E-state index contributed by atoms with van der Waals surface area (Å²) in [6, 6.07) is 10.3. The number of benzene rings is 1. The molecule has 0 amide bonds. The van der Waals surface area contributed by atoms with Crippen molar-refractivity contribution in [2.45, 2.75) is 37.9 Å². The van der Waals surface area contributed by atoms with Gasteiger partial charge in [0.25, 0.3) is 0 Å². The number of hydrogen-bond acceptors (Lipinski definition) is 1. The molecule has 2 rings (SSSR count). The number of nitrogens with one attached hydrogen (secondary N) is 1. The van der Waals surface area contributed by atoms with Gasteiger partial charge in [0.1, 0.15) is 6.17 Å². The van der Waals surface area contributed by atoms with Crippen LogP contribution in [0.4, 0.5) is 4.39 Å². The smallest absolute Gasteiger partial charge is 0.103 e. The Balaban J connectivity index is 2.04. The Kier molecular flexibility index (Phi) is 3.06. The van der Waals surface area contributed by atoms with Crippen molar-refractivity contribution >= 4 is 0 Å². The Labute approximate surface area is 90.7 Å². The fourth-order valence-electron chi connectivity index (χ4n) is 2.37. The second-order valence-corrected chi connectivity index (χ2v) is 4.74. The van der Waals surface area contributed by atoms with Crippen LogP contribution in [0.25, 0.3) is 0 Å². The Morgan fingerprint density at radius 1 is 1.40 bits per heavy atom. The number of rotatable bonds is 2. The van der Waals surface area contributed by atoms with E-state index < -0.39 is 6.17 Å². The summed E-state index contributed by atoms with van der Waals surface area (Å²) in [5.74, 6) is 0. The highest BCUT2D eigenvalue weighted by Crippen LogP contribution is 2.25. The highest BCUT2D eigenvalue weighted by molar-refractivity contribution is 5.18. The van der Waals surface area contributed by atoms with Crippen molar-refractivity contribution in [1.29, 1.82) is 0 Å². The molecule has 1 saturated heterocycles. The quantitative estimate of drug-likeness (QED) is 0.786. The molecule has 1 aromatic rings. The number of alkyl halides is 1. The highest BCUT2D eigenvalue weighted by atomic mass is 19.1. The van der Waals surface area contributed by atoms with E-state index in [0.717, 1.165) is 13.0 Å². The number of halogens is 1. The lowest BCUT2D eigenvalue weighted by Crippen LogP contribution is -2.50. The normalized spacial score (nSPS) is 31.5. The van der Waals surface area contributed by atoms with Crippen LogP contribution in [0.2, 0.25) is 0 Å². The second-order valence-electron chi connectivity index (χ2n) is 4.74. The van der Waals surface area contributed by atoms with E-state index in [9.17, 15) is 4.39 Å². The van der Waals surface area contributed by atoms with E-state index in [0.29, 0.717) is 12.8 Å². The fraction of sp³-hybridized carbons (Fsp3) is 0.538. The molecule has 0 spiro atoms. The van der Waals surface area contributed by atoms with E-state index in [1.807, 2.05) is 18.2 Å². The summed E-state index contributed by atoms with van der Waals surface area (Å²) in [5, 5.41) is 3.43. The second kappa shape index (κ2) is 4.31. The molecule has 1 aliphatic rings. The molecule has 1 heterocycles. The Morgan fingerprint density at radius 2 is 2.13 bits per heavy atom. The van der Waals surface area contributed by atoms with Crippen molar-refractivity contribution in [3.63, 3.8) is 0 Å². The van der Waals surface area contributed by atoms with Gasteiger partial charge in [-0.15, -0.1) is 0 Å². The third-order valence-corrected chi connectivity index (χ3v) is 3.12. The van der Waals surface area contributed by atoms with Gasteiger partial charge in [-0.25, -0.2) is 4.39 Å². The molecule has 15 heavy (non-hydrogen) atoms. The van der Waals surface area contributed by atoms with Gasteiger partial charge < -0.3 is 5.32 Å². The molecule has 0 aromatic heterocycles. The Morgan fingerprint density at radius 3 is 2.80 bits per heavy atom. The topological polar surface area (TPSA) is 12.0 Å². The molecule has 0 aliphatic carbocycles. The van der Waals surface area contributed by atoms with Gasteiger partial charge in [-0.3, -0.25) is 0 Å². The molecule has 1 aliphatic heterocycles. The molecule has 1 fully saturated rings. The van der Waals surface area contributed by atoms with Crippen molar-refractivity contribution in [2.24, 2.45) is 0 Å². The van der Waals surface area contributed by atoms with Crippen molar-refractivity contribution in [3.05, 3.63) is 35.9 Å². The minimum Gasteiger partial charge on any atom is -0.311 e. The van der Waals surface area contributed by atoms with Gasteiger partial charge in [0.2, 0.25) is 0 Å². The molecule has 2 heteroatoms. The zero-order valence-electron chi connectivity index (χ0n) is 9.17. The maximum Gasteiger partial charge on any atom is 0.103 e. The minimum atomic E-state index is -0.639. The molecule has 2 atom stereocenters. The largest absolute Gasteiger partial charge is 0.311 e. The molecular weight excluding hydrogens is 189 g/mol. The van der Waals surface area contributed by atoms with Crippen LogP contribution in [0.1, 0.15) is 25.3 Å². The van der Waals surface area contributed by atoms with Crippen LogP contribution in [-0.4, -0.2) is 18.3 Å². The third kappa shape index (κ3) is 2.78. The van der Waals surface area contributed by atoms with E-state index in [2.05, 4.69) is 24.4 Å². The molecule has 0 bridgehead atoms. The molecule has 2 unspecified atom stereocenters. The van der Waals surface area contributed by atoms with E-state index in [4.69, 9.17) is 0 Å². The number of piperidine rings is 1. The van der Waals surface area contributed by atoms with Gasteiger partial charge >= 0.3 is 0 Å². The summed E-state index contributed by atoms with van der Waals surface area (Å²) in [6.45, 7) is 2.91. The first-order chi connectivity index (χ1) is 7.18. The first-order valence-corrected chi connectivity index (χ1v) is 5.61. The average molecular weight is 207 g/mol. The van der Waals surface area contributed by atoms with E-state index >= 15 is 0 Å². The van der Waals surface area contributed by atoms with Crippen LogP contribution < -0.4 is 5.32 Å². The summed E-state index contributed by atoms with van der Waals surface area (Å²) in [5.41, 5.74) is 1.21. The van der Waals surface area contributed by atoms with E-state index in [-0.39, 0.29) is 5.54 Å². The van der Waals surface area contributed by atoms with Crippen LogP contribution in [-0.2, 0) is 6.42 Å². The lowest BCUT2D eigenvalue weighted by Gasteiger charge is -2.36.